The van der Waals surface area contributed by atoms with E-state index in [0.717, 1.165) is 0 Å². The highest BCUT2D eigenvalue weighted by atomic mass is 29.1. The Morgan fingerprint density at radius 2 is 1.91 bits per heavy atom. The van der Waals surface area contributed by atoms with Crippen molar-refractivity contribution in [2.75, 3.05) is 0 Å². The second-order valence-electron chi connectivity index (χ2n) is 3.28. The molecule has 0 spiro atoms. The van der Waals surface area contributed by atoms with E-state index in [1.54, 1.807) is 6.04 Å². The van der Waals surface area contributed by atoms with E-state index < -0.39 is 0 Å². The van der Waals surface area contributed by atoms with Gasteiger partial charge in [0.25, 0.3) is 0 Å². The Morgan fingerprint density at radius 3 is 2.55 bits per heavy atom. The van der Waals surface area contributed by atoms with Gasteiger partial charge in [-0.05, 0) is 16.2 Å². The lowest BCUT2D eigenvalue weighted by Crippen LogP contribution is -1.87. The summed E-state index contributed by atoms with van der Waals surface area (Å²) in [6.07, 6.45) is 11.0. The molecule has 0 aliphatic carbocycles. The largest absolute Gasteiger partial charge is 0.0655 e. The molecule has 67 valence electrons. The fourth-order valence-corrected chi connectivity index (χ4v) is 3.56. The third-order valence-electron chi connectivity index (χ3n) is 2.02. The quantitative estimate of drug-likeness (QED) is 0.398. The lowest BCUT2D eigenvalue weighted by Gasteiger charge is -1.98. The molecule has 11 heavy (non-hydrogen) atoms. The van der Waals surface area contributed by atoms with Crippen molar-refractivity contribution >= 4 is 18.8 Å². The molecular weight excluding hydrogens is 164 g/mol. The summed E-state index contributed by atoms with van der Waals surface area (Å²) >= 11 is 0. The third-order valence-corrected chi connectivity index (χ3v) is 5.35. The molecule has 0 unspecified atom stereocenters. The lowest BCUT2D eigenvalue weighted by atomic mass is 10.1. The molecule has 0 atom stereocenters. The standard InChI is InChI=1S/C9H23Si2/c1-2-3-4-5-6-7-8-9-11-10/h5H,2-4,6-9,11H2,1,10H3. The second-order valence-corrected chi connectivity index (χ2v) is 7.99. The topological polar surface area (TPSA) is 0 Å². The Labute approximate surface area is 77.2 Å². The summed E-state index contributed by atoms with van der Waals surface area (Å²) < 4.78 is 0. The van der Waals surface area contributed by atoms with Crippen LogP contribution >= 0.6 is 0 Å². The average Bonchev–Trinajstić information content (AvgIpc) is 2.03. The van der Waals surface area contributed by atoms with E-state index in [2.05, 4.69) is 13.3 Å². The molecule has 0 amide bonds. The van der Waals surface area contributed by atoms with Crippen LogP contribution < -0.4 is 0 Å². The zero-order chi connectivity index (χ0) is 8.36. The molecule has 1 radical (unpaired) electrons. The van der Waals surface area contributed by atoms with Crippen LogP contribution in [-0.2, 0) is 0 Å². The summed E-state index contributed by atoms with van der Waals surface area (Å²) in [6.45, 7) is 2.27. The summed E-state index contributed by atoms with van der Waals surface area (Å²) in [5.41, 5.74) is 0. The molecule has 0 N–H and O–H groups in total. The van der Waals surface area contributed by atoms with Crippen LogP contribution in [0.25, 0.3) is 0 Å². The minimum Gasteiger partial charge on any atom is -0.0655 e. The van der Waals surface area contributed by atoms with E-state index >= 15 is 0 Å². The summed E-state index contributed by atoms with van der Waals surface area (Å²) in [7, 11) is 2.03. The first-order valence-corrected chi connectivity index (χ1v) is 11.9. The molecule has 0 heterocycles. The van der Waals surface area contributed by atoms with Crippen LogP contribution in [0.15, 0.2) is 0 Å². The molecule has 0 bridgehead atoms. The van der Waals surface area contributed by atoms with E-state index in [1.165, 1.54) is 48.3 Å². The van der Waals surface area contributed by atoms with Crippen LogP contribution in [0, 0.1) is 6.42 Å². The normalized spacial score (nSPS) is 11.7. The third kappa shape index (κ3) is 10.4. The lowest BCUT2D eigenvalue weighted by molar-refractivity contribution is 0.706. The Kier molecular flexibility index (Phi) is 10.8. The molecule has 0 aliphatic heterocycles. The molecular formula is C9H23Si2. The second kappa shape index (κ2) is 10.4. The molecule has 0 aliphatic rings. The van der Waals surface area contributed by atoms with Crippen molar-refractivity contribution in [3.63, 3.8) is 0 Å². The number of hydrogen-bond acceptors (Lipinski definition) is 0. The van der Waals surface area contributed by atoms with Gasteiger partial charge >= 0.3 is 0 Å². The number of rotatable bonds is 8. The fourth-order valence-electron chi connectivity index (χ4n) is 1.21. The van der Waals surface area contributed by atoms with E-state index in [9.17, 15) is 0 Å². The number of hydrogen-bond donors (Lipinski definition) is 0. The molecule has 0 aromatic rings. The molecule has 0 saturated heterocycles. The first kappa shape index (κ1) is 11.4. The van der Waals surface area contributed by atoms with Gasteiger partial charge in [0.15, 0.2) is 0 Å². The van der Waals surface area contributed by atoms with Gasteiger partial charge in [0.2, 0.25) is 0 Å². The summed E-state index contributed by atoms with van der Waals surface area (Å²) in [4.78, 5) is 0. The van der Waals surface area contributed by atoms with Gasteiger partial charge in [-0.1, -0.05) is 51.5 Å². The van der Waals surface area contributed by atoms with Gasteiger partial charge in [0.1, 0.15) is 0 Å². The van der Waals surface area contributed by atoms with E-state index in [4.69, 9.17) is 0 Å². The van der Waals surface area contributed by atoms with Crippen molar-refractivity contribution in [1.82, 2.24) is 0 Å². The maximum atomic E-state index is 2.48. The Hall–Kier alpha value is 0.434. The fraction of sp³-hybridized carbons (Fsp3) is 0.889. The summed E-state index contributed by atoms with van der Waals surface area (Å²) in [6, 6.07) is 1.62. The van der Waals surface area contributed by atoms with Crippen molar-refractivity contribution in [2.24, 2.45) is 0 Å². The molecule has 0 aromatic heterocycles. The minimum atomic E-state index is 0.495. The molecule has 0 nitrogen and oxygen atoms in total. The minimum absolute atomic E-state index is 0.495. The van der Waals surface area contributed by atoms with Crippen molar-refractivity contribution in [1.29, 1.82) is 0 Å². The van der Waals surface area contributed by atoms with Gasteiger partial charge in [-0.25, -0.2) is 0 Å². The van der Waals surface area contributed by atoms with Gasteiger partial charge in [0.05, 0.1) is 0 Å². The summed E-state index contributed by atoms with van der Waals surface area (Å²) in [5.74, 6) is 0. The van der Waals surface area contributed by atoms with Gasteiger partial charge in [-0.2, -0.15) is 0 Å². The highest BCUT2D eigenvalue weighted by molar-refractivity contribution is 6.89. The van der Waals surface area contributed by atoms with Crippen LogP contribution in [0.3, 0.4) is 0 Å². The van der Waals surface area contributed by atoms with Crippen molar-refractivity contribution in [3.8, 4) is 0 Å². The first-order valence-electron chi connectivity index (χ1n) is 5.23. The first-order chi connectivity index (χ1) is 5.41. The molecule has 0 saturated carbocycles. The van der Waals surface area contributed by atoms with Gasteiger partial charge in [-0.15, -0.1) is 0 Å². The Bertz CT molecular complexity index is 56.6. The van der Waals surface area contributed by atoms with Gasteiger partial charge in [-0.3, -0.25) is 0 Å². The smallest absolute Gasteiger partial charge is 0.00412 e. The predicted molar refractivity (Wildman–Crippen MR) is 61.0 cm³/mol. The molecule has 0 fully saturated rings. The van der Waals surface area contributed by atoms with Crippen LogP contribution in [0.2, 0.25) is 6.04 Å². The maximum Gasteiger partial charge on any atom is 0.00412 e. The molecule has 0 rings (SSSR count). The van der Waals surface area contributed by atoms with Crippen LogP contribution in [0.1, 0.15) is 45.4 Å². The zero-order valence-electron chi connectivity index (χ0n) is 8.23. The van der Waals surface area contributed by atoms with Crippen LogP contribution in [-0.4, -0.2) is 18.8 Å². The molecule has 0 aromatic carbocycles. The zero-order valence-corrected chi connectivity index (χ0v) is 11.6. The number of unbranched alkanes of at least 4 members (excludes halogenated alkanes) is 6. The maximum absolute atomic E-state index is 2.48. The summed E-state index contributed by atoms with van der Waals surface area (Å²) in [5, 5.41) is 0. The van der Waals surface area contributed by atoms with Crippen molar-refractivity contribution < 1.29 is 0 Å². The van der Waals surface area contributed by atoms with Gasteiger partial charge < -0.3 is 0 Å². The van der Waals surface area contributed by atoms with E-state index in [-0.39, 0.29) is 0 Å². The van der Waals surface area contributed by atoms with Crippen molar-refractivity contribution in [3.05, 3.63) is 6.42 Å². The van der Waals surface area contributed by atoms with Gasteiger partial charge in [0, 0.05) is 9.04 Å². The predicted octanol–water partition coefficient (Wildman–Crippen LogP) is 1.42. The van der Waals surface area contributed by atoms with E-state index in [0.29, 0.717) is 9.04 Å². The average molecular weight is 187 g/mol. The van der Waals surface area contributed by atoms with E-state index in [1.807, 2.05) is 0 Å². The van der Waals surface area contributed by atoms with Crippen LogP contribution in [0.4, 0.5) is 0 Å². The van der Waals surface area contributed by atoms with Crippen LogP contribution in [0.5, 0.6) is 0 Å². The SMILES string of the molecule is CCCC[CH]CCCC[SiH2][SiH3]. The molecule has 2 heteroatoms. The van der Waals surface area contributed by atoms with Crippen molar-refractivity contribution in [2.45, 2.75) is 51.5 Å². The Balaban J connectivity index is 2.69. The Morgan fingerprint density at radius 1 is 1.18 bits per heavy atom. The highest BCUT2D eigenvalue weighted by Crippen LogP contribution is 2.06. The highest BCUT2D eigenvalue weighted by Gasteiger charge is 1.89. The monoisotopic (exact) mass is 187 g/mol.